The zero-order valence-electron chi connectivity index (χ0n) is 10.2. The van der Waals surface area contributed by atoms with Crippen LogP contribution in [0.4, 0.5) is 5.69 Å². The van der Waals surface area contributed by atoms with Gasteiger partial charge in [0.2, 0.25) is 0 Å². The Labute approximate surface area is 107 Å². The van der Waals surface area contributed by atoms with Crippen molar-refractivity contribution in [3.8, 4) is 0 Å². The minimum atomic E-state index is -3.66. The molecule has 0 spiro atoms. The maximum atomic E-state index is 11.8. The summed E-state index contributed by atoms with van der Waals surface area (Å²) < 4.78 is 28.5. The second kappa shape index (κ2) is 4.80. The molecule has 0 amide bonds. The third-order valence-corrected chi connectivity index (χ3v) is 3.43. The fourth-order valence-electron chi connectivity index (χ4n) is 1.21. The number of halogens is 1. The molecule has 0 fully saturated rings. The summed E-state index contributed by atoms with van der Waals surface area (Å²) in [6, 6.07) is 1.68. The first-order valence-corrected chi connectivity index (χ1v) is 6.90. The van der Waals surface area contributed by atoms with Crippen LogP contribution in [0, 0.1) is 6.92 Å². The van der Waals surface area contributed by atoms with Gasteiger partial charge >= 0.3 is 0 Å². The first-order valence-electron chi connectivity index (χ1n) is 5.03. The van der Waals surface area contributed by atoms with Gasteiger partial charge in [0.05, 0.1) is 5.69 Å². The van der Waals surface area contributed by atoms with E-state index < -0.39 is 15.7 Å². The first-order chi connectivity index (χ1) is 7.61. The highest BCUT2D eigenvalue weighted by atomic mass is 35.5. The minimum absolute atomic E-state index is 0.129. The van der Waals surface area contributed by atoms with Crippen LogP contribution in [0.5, 0.6) is 0 Å². The highest BCUT2D eigenvalue weighted by Gasteiger charge is 2.21. The van der Waals surface area contributed by atoms with E-state index >= 15 is 0 Å². The molecule has 1 aromatic heterocycles. The van der Waals surface area contributed by atoms with Crippen molar-refractivity contribution in [3.63, 3.8) is 0 Å². The van der Waals surface area contributed by atoms with Crippen LogP contribution in [0.25, 0.3) is 0 Å². The molecule has 1 heterocycles. The number of rotatable bonds is 3. The molecular weight excluding hydrogens is 262 g/mol. The zero-order chi connectivity index (χ0) is 13.3. The van der Waals surface area contributed by atoms with Gasteiger partial charge in [0, 0.05) is 11.7 Å². The van der Waals surface area contributed by atoms with E-state index in [0.29, 0.717) is 11.3 Å². The number of aromatic nitrogens is 1. The molecule has 0 bridgehead atoms. The monoisotopic (exact) mass is 277 g/mol. The van der Waals surface area contributed by atoms with Crippen LogP contribution in [0.1, 0.15) is 26.3 Å². The van der Waals surface area contributed by atoms with Gasteiger partial charge in [0.15, 0.2) is 5.15 Å². The smallest absolute Gasteiger partial charge is 0.268 e. The van der Waals surface area contributed by atoms with E-state index in [0.717, 1.165) is 0 Å². The molecular formula is C10H16ClN3O2S. The second-order valence-corrected chi connectivity index (χ2v) is 6.52. The second-order valence-electron chi connectivity index (χ2n) is 4.75. The van der Waals surface area contributed by atoms with Crippen LogP contribution in [0.2, 0.25) is 5.15 Å². The number of aryl methyl sites for hydroxylation is 1. The normalized spacial score (nSPS) is 12.5. The van der Waals surface area contributed by atoms with Crippen molar-refractivity contribution in [1.29, 1.82) is 0 Å². The molecule has 5 nitrogen and oxygen atoms in total. The van der Waals surface area contributed by atoms with E-state index in [1.54, 1.807) is 33.8 Å². The van der Waals surface area contributed by atoms with Crippen molar-refractivity contribution in [2.45, 2.75) is 33.2 Å². The largest absolute Gasteiger partial charge is 0.299 e. The summed E-state index contributed by atoms with van der Waals surface area (Å²) in [7, 11) is -3.66. The highest BCUT2D eigenvalue weighted by molar-refractivity contribution is 7.90. The Morgan fingerprint density at radius 2 is 1.94 bits per heavy atom. The zero-order valence-corrected chi connectivity index (χ0v) is 11.8. The van der Waals surface area contributed by atoms with Gasteiger partial charge in [-0.15, -0.1) is 0 Å². The van der Waals surface area contributed by atoms with E-state index in [9.17, 15) is 8.42 Å². The van der Waals surface area contributed by atoms with Crippen molar-refractivity contribution < 1.29 is 8.42 Å². The van der Waals surface area contributed by atoms with Crippen molar-refractivity contribution >= 4 is 27.5 Å². The van der Waals surface area contributed by atoms with Crippen molar-refractivity contribution in [1.82, 2.24) is 9.71 Å². The molecule has 0 aliphatic rings. The third kappa shape index (κ3) is 4.49. The molecule has 0 saturated heterocycles. The lowest BCUT2D eigenvalue weighted by Gasteiger charge is -2.21. The highest BCUT2D eigenvalue weighted by Crippen LogP contribution is 2.23. The predicted molar refractivity (Wildman–Crippen MR) is 69.4 cm³/mol. The van der Waals surface area contributed by atoms with Crippen LogP contribution >= 0.6 is 11.6 Å². The molecule has 0 atom stereocenters. The molecule has 1 aromatic rings. The van der Waals surface area contributed by atoms with E-state index in [2.05, 4.69) is 14.4 Å². The summed E-state index contributed by atoms with van der Waals surface area (Å²) in [5.41, 5.74) is 0.448. The average Bonchev–Trinajstić information content (AvgIpc) is 2.07. The predicted octanol–water partition coefficient (Wildman–Crippen LogP) is 2.09. The Morgan fingerprint density at radius 3 is 2.41 bits per heavy atom. The fraction of sp³-hybridized carbons (Fsp3) is 0.500. The van der Waals surface area contributed by atoms with Crippen LogP contribution in [0.15, 0.2) is 12.3 Å². The molecule has 1 rings (SSSR count). The number of nitrogens with zero attached hydrogens (tertiary/aromatic N) is 1. The van der Waals surface area contributed by atoms with Crippen molar-refractivity contribution in [2.24, 2.45) is 0 Å². The van der Waals surface area contributed by atoms with Crippen LogP contribution in [-0.4, -0.2) is 18.9 Å². The third-order valence-electron chi connectivity index (χ3n) is 1.79. The fourth-order valence-corrected chi connectivity index (χ4v) is 2.90. The van der Waals surface area contributed by atoms with Gasteiger partial charge in [-0.3, -0.25) is 4.72 Å². The minimum Gasteiger partial charge on any atom is -0.268 e. The topological polar surface area (TPSA) is 71.1 Å². The first kappa shape index (κ1) is 14.2. The Bertz CT molecular complexity index is 489. The molecule has 7 heteroatoms. The molecule has 0 unspecified atom stereocenters. The van der Waals surface area contributed by atoms with Crippen molar-refractivity contribution in [3.05, 3.63) is 23.0 Å². The Hall–Kier alpha value is -0.850. The maximum Gasteiger partial charge on any atom is 0.299 e. The summed E-state index contributed by atoms with van der Waals surface area (Å²) >= 11 is 5.84. The Balaban J connectivity index is 2.99. The lowest BCUT2D eigenvalue weighted by Crippen LogP contribution is -2.43. The summed E-state index contributed by atoms with van der Waals surface area (Å²) in [6.45, 7) is 7.01. The lowest BCUT2D eigenvalue weighted by atomic mass is 10.1. The molecule has 0 saturated carbocycles. The van der Waals surface area contributed by atoms with E-state index in [-0.39, 0.29) is 5.15 Å². The number of pyridine rings is 1. The van der Waals surface area contributed by atoms with Gasteiger partial charge in [0.25, 0.3) is 10.2 Å². The van der Waals surface area contributed by atoms with Gasteiger partial charge in [-0.1, -0.05) is 11.6 Å². The molecule has 0 aromatic carbocycles. The van der Waals surface area contributed by atoms with Crippen LogP contribution < -0.4 is 9.44 Å². The van der Waals surface area contributed by atoms with E-state index in [1.807, 2.05) is 0 Å². The van der Waals surface area contributed by atoms with Crippen LogP contribution in [-0.2, 0) is 10.2 Å². The van der Waals surface area contributed by atoms with Gasteiger partial charge in [-0.05, 0) is 39.3 Å². The van der Waals surface area contributed by atoms with Gasteiger partial charge in [-0.25, -0.2) is 4.98 Å². The summed E-state index contributed by atoms with van der Waals surface area (Å²) in [4.78, 5) is 3.83. The number of hydrogen-bond donors (Lipinski definition) is 2. The van der Waals surface area contributed by atoms with Gasteiger partial charge in [-0.2, -0.15) is 13.1 Å². The number of anilines is 1. The molecule has 17 heavy (non-hydrogen) atoms. The van der Waals surface area contributed by atoms with Crippen molar-refractivity contribution in [2.75, 3.05) is 4.72 Å². The van der Waals surface area contributed by atoms with Gasteiger partial charge in [0.1, 0.15) is 0 Å². The summed E-state index contributed by atoms with van der Waals surface area (Å²) in [5, 5.41) is 0.129. The Morgan fingerprint density at radius 1 is 1.35 bits per heavy atom. The number of nitrogens with one attached hydrogen (secondary N) is 2. The molecule has 2 N–H and O–H groups in total. The average molecular weight is 278 g/mol. The maximum absolute atomic E-state index is 11.8. The SMILES string of the molecule is Cc1ccnc(Cl)c1NS(=O)(=O)NC(C)(C)C. The quantitative estimate of drug-likeness (QED) is 0.831. The molecule has 0 radical (unpaired) electrons. The summed E-state index contributed by atoms with van der Waals surface area (Å²) in [5.74, 6) is 0. The Kier molecular flexibility index (Phi) is 4.01. The molecule has 0 aliphatic heterocycles. The molecule has 96 valence electrons. The van der Waals surface area contributed by atoms with Gasteiger partial charge < -0.3 is 0 Å². The number of hydrogen-bond acceptors (Lipinski definition) is 3. The molecule has 0 aliphatic carbocycles. The van der Waals surface area contributed by atoms with E-state index in [4.69, 9.17) is 11.6 Å². The van der Waals surface area contributed by atoms with Crippen LogP contribution in [0.3, 0.4) is 0 Å². The standard InChI is InChI=1S/C10H16ClN3O2S/c1-7-5-6-12-9(11)8(7)13-17(15,16)14-10(2,3)4/h5-6,13-14H,1-4H3. The van der Waals surface area contributed by atoms with E-state index in [1.165, 1.54) is 6.20 Å². The lowest BCUT2D eigenvalue weighted by molar-refractivity contribution is 0.494. The summed E-state index contributed by atoms with van der Waals surface area (Å²) in [6.07, 6.45) is 1.52.